The molecule has 2 aromatic rings. The van der Waals surface area contributed by atoms with Gasteiger partial charge in [0.2, 0.25) is 0 Å². The summed E-state index contributed by atoms with van der Waals surface area (Å²) < 4.78 is 1.28. The van der Waals surface area contributed by atoms with E-state index in [-0.39, 0.29) is 11.4 Å². The molecule has 78 valence electrons. The van der Waals surface area contributed by atoms with Crippen LogP contribution in [0.4, 0.5) is 0 Å². The van der Waals surface area contributed by atoms with Crippen LogP contribution in [0.25, 0.3) is 5.82 Å². The fraction of sp³-hybridized carbons (Fsp3) is 0. The third kappa shape index (κ3) is 1.59. The third-order valence-corrected chi connectivity index (χ3v) is 1.91. The molecule has 0 unspecified atom stereocenters. The van der Waals surface area contributed by atoms with Crippen LogP contribution in [0, 0.1) is 11.3 Å². The number of hydrogen-bond donors (Lipinski definition) is 1. The lowest BCUT2D eigenvalue weighted by Gasteiger charge is -1.99. The molecular weight excluding hydrogens is 208 g/mol. The molecule has 0 radical (unpaired) electrons. The first-order chi connectivity index (χ1) is 7.72. The number of carbonyl (C=O) groups is 1. The normalized spacial score (nSPS) is 9.69. The first-order valence-electron chi connectivity index (χ1n) is 4.29. The Labute approximate surface area is 90.1 Å². The van der Waals surface area contributed by atoms with Crippen molar-refractivity contribution in [3.8, 4) is 11.9 Å². The highest BCUT2D eigenvalue weighted by molar-refractivity contribution is 5.92. The zero-order chi connectivity index (χ0) is 11.5. The van der Waals surface area contributed by atoms with Gasteiger partial charge in [-0.15, -0.1) is 5.10 Å². The summed E-state index contributed by atoms with van der Waals surface area (Å²) in [7, 11) is 0. The van der Waals surface area contributed by atoms with Gasteiger partial charge in [0.1, 0.15) is 11.6 Å². The summed E-state index contributed by atoms with van der Waals surface area (Å²) in [6, 6.07) is 3.46. The van der Waals surface area contributed by atoms with Gasteiger partial charge in [0.05, 0.1) is 18.0 Å². The largest absolute Gasteiger partial charge is 0.366 e. The summed E-state index contributed by atoms with van der Waals surface area (Å²) in [6.45, 7) is 0. The van der Waals surface area contributed by atoms with Crippen molar-refractivity contribution >= 4 is 5.91 Å². The number of rotatable bonds is 2. The molecule has 0 saturated heterocycles. The standard InChI is InChI=1S/C9H6N6O/c10-3-6-1-2-12-14-9(6)15-5-7(4-13-15)8(11)16/h1-2,4-5H,(H2,11,16). The highest BCUT2D eigenvalue weighted by Crippen LogP contribution is 2.08. The molecule has 0 saturated carbocycles. The Morgan fingerprint density at radius 3 is 3.00 bits per heavy atom. The zero-order valence-corrected chi connectivity index (χ0v) is 8.03. The van der Waals surface area contributed by atoms with Crippen molar-refractivity contribution in [2.45, 2.75) is 0 Å². The van der Waals surface area contributed by atoms with Crippen LogP contribution in [-0.4, -0.2) is 25.9 Å². The Balaban J connectivity index is 2.51. The van der Waals surface area contributed by atoms with E-state index in [1.165, 1.54) is 29.3 Å². The van der Waals surface area contributed by atoms with Gasteiger partial charge in [-0.05, 0) is 6.07 Å². The highest BCUT2D eigenvalue weighted by atomic mass is 16.1. The fourth-order valence-electron chi connectivity index (χ4n) is 1.15. The summed E-state index contributed by atoms with van der Waals surface area (Å²) >= 11 is 0. The van der Waals surface area contributed by atoms with E-state index in [0.717, 1.165) is 0 Å². The van der Waals surface area contributed by atoms with Gasteiger partial charge in [-0.3, -0.25) is 4.79 Å². The zero-order valence-electron chi connectivity index (χ0n) is 8.03. The summed E-state index contributed by atoms with van der Waals surface area (Å²) in [6.07, 6.45) is 4.10. The van der Waals surface area contributed by atoms with E-state index in [4.69, 9.17) is 11.0 Å². The van der Waals surface area contributed by atoms with Crippen molar-refractivity contribution in [1.29, 1.82) is 5.26 Å². The van der Waals surface area contributed by atoms with Crippen molar-refractivity contribution < 1.29 is 4.79 Å². The smallest absolute Gasteiger partial charge is 0.251 e. The molecule has 0 spiro atoms. The maximum absolute atomic E-state index is 10.9. The van der Waals surface area contributed by atoms with E-state index in [1.807, 2.05) is 6.07 Å². The SMILES string of the molecule is N#Cc1ccnnc1-n1cc(C(N)=O)cn1. The minimum absolute atomic E-state index is 0.245. The first-order valence-corrected chi connectivity index (χ1v) is 4.29. The van der Waals surface area contributed by atoms with Gasteiger partial charge in [0.25, 0.3) is 5.91 Å². The molecule has 2 rings (SSSR count). The van der Waals surface area contributed by atoms with Gasteiger partial charge in [-0.25, -0.2) is 4.68 Å². The summed E-state index contributed by atoms with van der Waals surface area (Å²) in [5.74, 6) is -0.328. The molecule has 7 nitrogen and oxygen atoms in total. The van der Waals surface area contributed by atoms with E-state index < -0.39 is 5.91 Å². The van der Waals surface area contributed by atoms with Gasteiger partial charge < -0.3 is 5.73 Å². The van der Waals surface area contributed by atoms with Crippen LogP contribution in [0.15, 0.2) is 24.7 Å². The second-order valence-corrected chi connectivity index (χ2v) is 2.92. The molecule has 16 heavy (non-hydrogen) atoms. The van der Waals surface area contributed by atoms with E-state index in [2.05, 4.69) is 15.3 Å². The van der Waals surface area contributed by atoms with Crippen LogP contribution in [-0.2, 0) is 0 Å². The monoisotopic (exact) mass is 214 g/mol. The molecule has 2 heterocycles. The van der Waals surface area contributed by atoms with Gasteiger partial charge in [0, 0.05) is 6.20 Å². The van der Waals surface area contributed by atoms with Gasteiger partial charge in [-0.2, -0.15) is 15.5 Å². The number of nitriles is 1. The number of nitrogens with two attached hydrogens (primary N) is 1. The molecule has 7 heteroatoms. The molecule has 0 atom stereocenters. The van der Waals surface area contributed by atoms with Crippen LogP contribution in [0.1, 0.15) is 15.9 Å². The number of primary amides is 1. The van der Waals surface area contributed by atoms with Crippen molar-refractivity contribution in [2.75, 3.05) is 0 Å². The van der Waals surface area contributed by atoms with Crippen molar-refractivity contribution in [1.82, 2.24) is 20.0 Å². The van der Waals surface area contributed by atoms with Crippen LogP contribution in [0.5, 0.6) is 0 Å². The maximum atomic E-state index is 10.9. The lowest BCUT2D eigenvalue weighted by molar-refractivity contribution is 0.100. The maximum Gasteiger partial charge on any atom is 0.251 e. The minimum Gasteiger partial charge on any atom is -0.366 e. The number of nitrogens with zero attached hydrogens (tertiary/aromatic N) is 5. The average molecular weight is 214 g/mol. The predicted octanol–water partition coefficient (Wildman–Crippen LogP) is -0.367. The molecule has 1 amide bonds. The molecular formula is C9H6N6O. The number of hydrogen-bond acceptors (Lipinski definition) is 5. The molecule has 0 aliphatic carbocycles. The van der Waals surface area contributed by atoms with E-state index in [1.54, 1.807) is 0 Å². The quantitative estimate of drug-likeness (QED) is 0.733. The lowest BCUT2D eigenvalue weighted by atomic mass is 10.3. The summed E-state index contributed by atoms with van der Waals surface area (Å²) in [4.78, 5) is 10.9. The Hall–Kier alpha value is -2.75. The lowest BCUT2D eigenvalue weighted by Crippen LogP contribution is -2.09. The van der Waals surface area contributed by atoms with Gasteiger partial charge in [0.15, 0.2) is 5.82 Å². The van der Waals surface area contributed by atoms with E-state index >= 15 is 0 Å². The number of carbonyl (C=O) groups excluding carboxylic acids is 1. The van der Waals surface area contributed by atoms with Crippen molar-refractivity contribution in [2.24, 2.45) is 5.73 Å². The fourth-order valence-corrected chi connectivity index (χ4v) is 1.15. The first kappa shape index (κ1) is 9.79. The molecule has 0 bridgehead atoms. The average Bonchev–Trinajstić information content (AvgIpc) is 2.78. The van der Waals surface area contributed by atoms with Crippen LogP contribution in [0.2, 0.25) is 0 Å². The number of amides is 1. The molecule has 0 aliphatic rings. The summed E-state index contributed by atoms with van der Waals surface area (Å²) in [5, 5.41) is 20.1. The Kier molecular flexibility index (Phi) is 2.31. The minimum atomic E-state index is -0.589. The highest BCUT2D eigenvalue weighted by Gasteiger charge is 2.10. The van der Waals surface area contributed by atoms with E-state index in [0.29, 0.717) is 5.56 Å². The molecule has 2 aromatic heterocycles. The topological polar surface area (TPSA) is 110 Å². The Bertz CT molecular complexity index is 582. The summed E-state index contributed by atoms with van der Waals surface area (Å²) in [5.41, 5.74) is 5.64. The predicted molar refractivity (Wildman–Crippen MR) is 52.4 cm³/mol. The Morgan fingerprint density at radius 1 is 1.56 bits per heavy atom. The van der Waals surface area contributed by atoms with Gasteiger partial charge in [-0.1, -0.05) is 0 Å². The van der Waals surface area contributed by atoms with Crippen LogP contribution >= 0.6 is 0 Å². The second kappa shape index (κ2) is 3.78. The van der Waals surface area contributed by atoms with E-state index in [9.17, 15) is 4.79 Å². The molecule has 0 aromatic carbocycles. The molecule has 0 aliphatic heterocycles. The molecule has 2 N–H and O–H groups in total. The van der Waals surface area contributed by atoms with Crippen LogP contribution in [0.3, 0.4) is 0 Å². The van der Waals surface area contributed by atoms with Crippen LogP contribution < -0.4 is 5.73 Å². The third-order valence-electron chi connectivity index (χ3n) is 1.91. The second-order valence-electron chi connectivity index (χ2n) is 2.92. The number of aromatic nitrogens is 4. The molecule has 0 fully saturated rings. The van der Waals surface area contributed by atoms with Crippen molar-refractivity contribution in [3.05, 3.63) is 35.8 Å². The van der Waals surface area contributed by atoms with Crippen molar-refractivity contribution in [3.63, 3.8) is 0 Å². The Morgan fingerprint density at radius 2 is 2.38 bits per heavy atom. The van der Waals surface area contributed by atoms with Gasteiger partial charge >= 0.3 is 0 Å².